The van der Waals surface area contributed by atoms with Crippen LogP contribution in [0.25, 0.3) is 28.0 Å². The Hall–Kier alpha value is -4.41. The van der Waals surface area contributed by atoms with Crippen LogP contribution in [0.2, 0.25) is 0 Å². The smallest absolute Gasteiger partial charge is 0.334 e. The highest BCUT2D eigenvalue weighted by atomic mass is 19.1. The van der Waals surface area contributed by atoms with Crippen LogP contribution in [-0.2, 0) is 11.2 Å². The Morgan fingerprint density at radius 1 is 1.15 bits per heavy atom. The highest BCUT2D eigenvalue weighted by molar-refractivity contribution is 5.83. The first-order valence-corrected chi connectivity index (χ1v) is 12.3. The van der Waals surface area contributed by atoms with Gasteiger partial charge in [-0.15, -0.1) is 0 Å². The van der Waals surface area contributed by atoms with E-state index < -0.39 is 45.9 Å². The number of aromatic nitrogens is 4. The summed E-state index contributed by atoms with van der Waals surface area (Å²) in [7, 11) is 0. The summed E-state index contributed by atoms with van der Waals surface area (Å²) in [4.78, 5) is 49.3. The Labute approximate surface area is 222 Å². The topological polar surface area (TPSA) is 144 Å². The number of aliphatic carboxylic acids is 1. The molecule has 0 aliphatic carbocycles. The predicted octanol–water partition coefficient (Wildman–Crippen LogP) is 4.41. The van der Waals surface area contributed by atoms with E-state index in [1.165, 1.54) is 18.3 Å². The zero-order valence-corrected chi connectivity index (χ0v) is 22.2. The van der Waals surface area contributed by atoms with Crippen LogP contribution in [0.15, 0.2) is 46.1 Å². The molecule has 0 spiro atoms. The van der Waals surface area contributed by atoms with Gasteiger partial charge < -0.3 is 10.8 Å². The number of nitrogens with one attached hydrogen (secondary N) is 1. The molecule has 1 aromatic carbocycles. The first kappa shape index (κ1) is 27.6. The number of carboxylic acid groups (broad SMARTS) is 1. The summed E-state index contributed by atoms with van der Waals surface area (Å²) >= 11 is 0. The Bertz CT molecular complexity index is 1700. The molecule has 4 N–H and O–H groups in total. The van der Waals surface area contributed by atoms with Crippen molar-refractivity contribution in [2.45, 2.75) is 47.0 Å². The molecule has 3 heterocycles. The molecule has 11 heteroatoms. The molecule has 0 bridgehead atoms. The number of carbonyl (C=O) groups is 1. The highest BCUT2D eigenvalue weighted by Gasteiger charge is 2.33. The number of halogens is 2. The lowest BCUT2D eigenvalue weighted by Gasteiger charge is -2.28. The average molecular weight is 538 g/mol. The number of nitrogens with two attached hydrogens (primary N) is 1. The van der Waals surface area contributed by atoms with Gasteiger partial charge in [0.15, 0.2) is 11.5 Å². The lowest BCUT2D eigenvalue weighted by atomic mass is 9.77. The maximum atomic E-state index is 15.3. The van der Waals surface area contributed by atoms with Gasteiger partial charge in [-0.3, -0.25) is 19.6 Å². The minimum Gasteiger partial charge on any atom is -0.481 e. The molecule has 0 aliphatic heterocycles. The first-order chi connectivity index (χ1) is 18.2. The van der Waals surface area contributed by atoms with E-state index in [1.54, 1.807) is 26.8 Å². The molecule has 39 heavy (non-hydrogen) atoms. The summed E-state index contributed by atoms with van der Waals surface area (Å²) in [6.45, 7) is 9.07. The van der Waals surface area contributed by atoms with Crippen LogP contribution in [0, 0.1) is 23.0 Å². The maximum absolute atomic E-state index is 15.3. The van der Waals surface area contributed by atoms with Gasteiger partial charge in [-0.05, 0) is 47.6 Å². The molecule has 0 aliphatic rings. The van der Waals surface area contributed by atoms with Gasteiger partial charge in [0, 0.05) is 11.9 Å². The molecule has 3 aromatic heterocycles. The number of aromatic amines is 1. The summed E-state index contributed by atoms with van der Waals surface area (Å²) in [5.74, 6) is -3.95. The fourth-order valence-corrected chi connectivity index (χ4v) is 4.65. The van der Waals surface area contributed by atoms with Crippen molar-refractivity contribution in [2.75, 3.05) is 5.73 Å². The third-order valence-electron chi connectivity index (χ3n) is 6.69. The van der Waals surface area contributed by atoms with Crippen LogP contribution in [0.5, 0.6) is 0 Å². The summed E-state index contributed by atoms with van der Waals surface area (Å²) in [5.41, 5.74) is 3.51. The van der Waals surface area contributed by atoms with Crippen molar-refractivity contribution < 1.29 is 18.7 Å². The van der Waals surface area contributed by atoms with Crippen molar-refractivity contribution in [3.8, 4) is 16.9 Å². The minimum atomic E-state index is -1.02. The third kappa shape index (κ3) is 5.04. The lowest BCUT2D eigenvalue weighted by molar-refractivity contribution is -0.145. The monoisotopic (exact) mass is 537 g/mol. The molecule has 4 rings (SSSR count). The Morgan fingerprint density at radius 2 is 1.85 bits per heavy atom. The van der Waals surface area contributed by atoms with E-state index in [9.17, 15) is 23.9 Å². The van der Waals surface area contributed by atoms with Crippen molar-refractivity contribution in [3.63, 3.8) is 0 Å². The van der Waals surface area contributed by atoms with Crippen LogP contribution < -0.4 is 17.0 Å². The zero-order valence-electron chi connectivity index (χ0n) is 22.2. The molecule has 0 fully saturated rings. The Balaban J connectivity index is 2.14. The second-order valence-electron chi connectivity index (χ2n) is 10.8. The zero-order chi connectivity index (χ0) is 28.8. The van der Waals surface area contributed by atoms with Crippen molar-refractivity contribution in [2.24, 2.45) is 11.3 Å². The number of anilines is 1. The van der Waals surface area contributed by atoms with Crippen LogP contribution in [-0.4, -0.2) is 30.6 Å². The van der Waals surface area contributed by atoms with Crippen molar-refractivity contribution >= 4 is 22.7 Å². The maximum Gasteiger partial charge on any atom is 0.334 e. The van der Waals surface area contributed by atoms with Gasteiger partial charge in [-0.2, -0.15) is 0 Å². The van der Waals surface area contributed by atoms with Gasteiger partial charge in [0.25, 0.3) is 5.56 Å². The number of H-pyrrole nitrogens is 1. The largest absolute Gasteiger partial charge is 0.481 e. The Kier molecular flexibility index (Phi) is 7.12. The number of nitrogen functional groups attached to an aromatic ring is 1. The normalized spacial score (nSPS) is 12.7. The fraction of sp³-hybridized carbons (Fsp3) is 0.321. The number of nitrogens with zero attached hydrogens (tertiary/aromatic N) is 3. The number of benzene rings is 1. The van der Waals surface area contributed by atoms with E-state index in [0.717, 1.165) is 16.7 Å². The first-order valence-electron chi connectivity index (χ1n) is 12.3. The fourth-order valence-electron chi connectivity index (χ4n) is 4.65. The third-order valence-corrected chi connectivity index (χ3v) is 6.69. The number of carboxylic acids is 1. The van der Waals surface area contributed by atoms with Gasteiger partial charge in [-0.1, -0.05) is 40.7 Å². The van der Waals surface area contributed by atoms with E-state index in [4.69, 9.17) is 5.73 Å². The standard InChI is InChI=1S/C28H29F2N5O4/c1-13(2)21-23(14(9-10-32-21)11-16(26(37)38)28(3,4)5)35-24-15(25(36)34-27(35)39)12-18(30)22(33-24)20-17(29)7-6-8-19(20)31/h6-10,12-13,16H,11,31H2,1-5H3,(H,37,38)(H,34,36,39). The van der Waals surface area contributed by atoms with Crippen molar-refractivity contribution in [3.05, 3.63) is 80.3 Å². The molecular weight excluding hydrogens is 508 g/mol. The molecule has 9 nitrogen and oxygen atoms in total. The van der Waals surface area contributed by atoms with Crippen LogP contribution in [0.4, 0.5) is 14.5 Å². The van der Waals surface area contributed by atoms with E-state index >= 15 is 4.39 Å². The van der Waals surface area contributed by atoms with Crippen LogP contribution in [0.1, 0.15) is 51.8 Å². The van der Waals surface area contributed by atoms with Crippen LogP contribution >= 0.6 is 0 Å². The SMILES string of the molecule is CC(C)c1nccc(CC(C(=O)O)C(C)(C)C)c1-n1c(=O)[nH]c(=O)c2cc(F)c(-c3c(N)cccc3F)nc21. The summed E-state index contributed by atoms with van der Waals surface area (Å²) < 4.78 is 31.1. The van der Waals surface area contributed by atoms with E-state index in [1.807, 2.05) is 13.8 Å². The van der Waals surface area contributed by atoms with E-state index in [2.05, 4.69) is 15.0 Å². The van der Waals surface area contributed by atoms with Gasteiger partial charge in [0.05, 0.1) is 28.2 Å². The van der Waals surface area contributed by atoms with Gasteiger partial charge in [0.2, 0.25) is 0 Å². The second kappa shape index (κ2) is 10.0. The summed E-state index contributed by atoms with van der Waals surface area (Å²) in [6.07, 6.45) is 1.55. The lowest BCUT2D eigenvalue weighted by Crippen LogP contribution is -2.33. The number of pyridine rings is 2. The average Bonchev–Trinajstić information content (AvgIpc) is 2.82. The molecule has 204 valence electrons. The van der Waals surface area contributed by atoms with Gasteiger partial charge in [0.1, 0.15) is 11.5 Å². The molecular formula is C28H29F2N5O4. The Morgan fingerprint density at radius 3 is 2.44 bits per heavy atom. The molecule has 1 unspecified atom stereocenters. The number of fused-ring (bicyclic) bond motifs is 1. The number of hydrogen-bond donors (Lipinski definition) is 3. The number of hydrogen-bond acceptors (Lipinski definition) is 6. The second-order valence-corrected chi connectivity index (χ2v) is 10.8. The summed E-state index contributed by atoms with van der Waals surface area (Å²) in [6, 6.07) is 6.31. The molecule has 0 radical (unpaired) electrons. The number of rotatable bonds is 6. The minimum absolute atomic E-state index is 0.0256. The molecule has 4 aromatic rings. The molecule has 0 saturated carbocycles. The van der Waals surface area contributed by atoms with E-state index in [0.29, 0.717) is 11.3 Å². The molecule has 0 amide bonds. The quantitative estimate of drug-likeness (QED) is 0.309. The summed E-state index contributed by atoms with van der Waals surface area (Å²) in [5, 5.41) is 9.72. The van der Waals surface area contributed by atoms with Gasteiger partial charge in [-0.25, -0.2) is 23.1 Å². The molecule has 0 saturated heterocycles. The molecule has 1 atom stereocenters. The predicted molar refractivity (Wildman–Crippen MR) is 144 cm³/mol. The highest BCUT2D eigenvalue weighted by Crippen LogP contribution is 2.35. The van der Waals surface area contributed by atoms with Crippen molar-refractivity contribution in [1.82, 2.24) is 19.5 Å². The van der Waals surface area contributed by atoms with E-state index in [-0.39, 0.29) is 40.3 Å². The van der Waals surface area contributed by atoms with Crippen LogP contribution in [0.3, 0.4) is 0 Å². The van der Waals surface area contributed by atoms with Crippen molar-refractivity contribution in [1.29, 1.82) is 0 Å². The van der Waals surface area contributed by atoms with Gasteiger partial charge >= 0.3 is 11.7 Å².